The molecule has 9 rings (SSSR count). The van der Waals surface area contributed by atoms with Crippen molar-refractivity contribution in [1.29, 1.82) is 5.26 Å². The number of carbonyl (C=O) groups is 3. The van der Waals surface area contributed by atoms with Crippen LogP contribution in [0.25, 0.3) is 27.5 Å². The van der Waals surface area contributed by atoms with E-state index < -0.39 is 0 Å². The molecule has 4 fully saturated rings. The van der Waals surface area contributed by atoms with Gasteiger partial charge in [0, 0.05) is 88.9 Å². The van der Waals surface area contributed by atoms with E-state index in [2.05, 4.69) is 46.8 Å². The number of aromatic nitrogens is 6. The van der Waals surface area contributed by atoms with E-state index in [4.69, 9.17) is 9.72 Å². The number of hydrogen-bond donors (Lipinski definition) is 2. The molecule has 57 heavy (non-hydrogen) atoms. The van der Waals surface area contributed by atoms with Gasteiger partial charge in [0.05, 0.1) is 40.1 Å². The molecule has 0 aromatic carbocycles. The molecule has 0 unspecified atom stereocenters. The van der Waals surface area contributed by atoms with Crippen molar-refractivity contribution in [2.45, 2.75) is 50.5 Å². The van der Waals surface area contributed by atoms with E-state index >= 15 is 0 Å². The second-order valence-corrected chi connectivity index (χ2v) is 15.9. The summed E-state index contributed by atoms with van der Waals surface area (Å²) < 4.78 is 7.41. The third kappa shape index (κ3) is 7.62. The summed E-state index contributed by atoms with van der Waals surface area (Å²) in [6, 6.07) is 14.0. The Bertz CT molecular complexity index is 2330. The molecule has 0 spiro atoms. The molecular formula is C40H42N12O4S. The van der Waals surface area contributed by atoms with Gasteiger partial charge in [-0.2, -0.15) is 10.4 Å². The number of imide groups is 1. The minimum absolute atomic E-state index is 0.0311. The van der Waals surface area contributed by atoms with Crippen LogP contribution in [0.15, 0.2) is 55.0 Å². The van der Waals surface area contributed by atoms with Crippen LogP contribution in [-0.2, 0) is 19.1 Å². The number of amides is 3. The maximum atomic E-state index is 13.7. The molecule has 1 atom stereocenters. The molecule has 5 aromatic rings. The Morgan fingerprint density at radius 1 is 0.895 bits per heavy atom. The van der Waals surface area contributed by atoms with Gasteiger partial charge < -0.3 is 24.8 Å². The fraction of sp³-hybridized carbons (Fsp3) is 0.425. The number of hydrogen-bond acceptors (Lipinski definition) is 14. The monoisotopic (exact) mass is 786 g/mol. The number of ether oxygens (including phenoxy) is 1. The summed E-state index contributed by atoms with van der Waals surface area (Å²) >= 11 is 1.53. The number of nitrogens with one attached hydrogen (secondary N) is 2. The Labute approximate surface area is 332 Å². The first-order valence-electron chi connectivity index (χ1n) is 19.5. The summed E-state index contributed by atoms with van der Waals surface area (Å²) in [5.41, 5.74) is 5.49. The van der Waals surface area contributed by atoms with Crippen LogP contribution in [-0.4, -0.2) is 111 Å². The number of carbonyl (C=O) groups excluding carboxylic acids is 3. The van der Waals surface area contributed by atoms with E-state index in [1.54, 1.807) is 16.9 Å². The van der Waals surface area contributed by atoms with Crippen LogP contribution in [0.2, 0.25) is 0 Å². The van der Waals surface area contributed by atoms with Gasteiger partial charge >= 0.3 is 0 Å². The number of piperazine rings is 1. The van der Waals surface area contributed by atoms with Crippen molar-refractivity contribution < 1.29 is 19.1 Å². The van der Waals surface area contributed by atoms with E-state index in [0.717, 1.165) is 88.4 Å². The SMILES string of the molecule is N#Cc1cnn2c(-c3cc(NC4CCOCC4)c(-c4nnc(N5CCN(C(=O)C6CCN(c7ccc([C@@H]8CCC(=O)NC8=O)cn7)CC6)CC5)s4)cn3)ccc2c1. The van der Waals surface area contributed by atoms with Gasteiger partial charge in [-0.25, -0.2) is 9.50 Å². The quantitative estimate of drug-likeness (QED) is 0.216. The van der Waals surface area contributed by atoms with E-state index in [9.17, 15) is 19.6 Å². The molecule has 17 heteroatoms. The average molecular weight is 787 g/mol. The van der Waals surface area contributed by atoms with Crippen LogP contribution in [0.3, 0.4) is 0 Å². The van der Waals surface area contributed by atoms with Gasteiger partial charge in [-0.1, -0.05) is 17.4 Å². The molecule has 9 heterocycles. The summed E-state index contributed by atoms with van der Waals surface area (Å²) in [4.78, 5) is 53.4. The largest absolute Gasteiger partial charge is 0.381 e. The lowest BCUT2D eigenvalue weighted by Gasteiger charge is -2.38. The highest BCUT2D eigenvalue weighted by molar-refractivity contribution is 7.18. The van der Waals surface area contributed by atoms with E-state index in [0.29, 0.717) is 57.8 Å². The number of piperidine rings is 2. The summed E-state index contributed by atoms with van der Waals surface area (Å²) in [5, 5.41) is 30.8. The fourth-order valence-electron chi connectivity index (χ4n) is 8.19. The maximum Gasteiger partial charge on any atom is 0.234 e. The lowest BCUT2D eigenvalue weighted by atomic mass is 9.91. The predicted octanol–water partition coefficient (Wildman–Crippen LogP) is 3.86. The van der Waals surface area contributed by atoms with Crippen molar-refractivity contribution in [1.82, 2.24) is 40.0 Å². The lowest BCUT2D eigenvalue weighted by Crippen LogP contribution is -2.51. The molecule has 0 bridgehead atoms. The van der Waals surface area contributed by atoms with Crippen molar-refractivity contribution in [2.24, 2.45) is 5.92 Å². The Morgan fingerprint density at radius 3 is 2.47 bits per heavy atom. The Balaban J connectivity index is 0.825. The molecule has 5 aromatic heterocycles. The number of nitriles is 1. The van der Waals surface area contributed by atoms with Crippen LogP contribution >= 0.6 is 11.3 Å². The first-order valence-corrected chi connectivity index (χ1v) is 20.4. The molecule has 4 aliphatic heterocycles. The average Bonchev–Trinajstić information content (AvgIpc) is 3.92. The second kappa shape index (κ2) is 15.9. The molecule has 4 saturated heterocycles. The third-order valence-corrected chi connectivity index (χ3v) is 12.5. The second-order valence-electron chi connectivity index (χ2n) is 15.0. The minimum Gasteiger partial charge on any atom is -0.381 e. The van der Waals surface area contributed by atoms with Gasteiger partial charge in [-0.3, -0.25) is 24.7 Å². The molecule has 0 radical (unpaired) electrons. The van der Waals surface area contributed by atoms with Crippen LogP contribution in [0, 0.1) is 17.2 Å². The number of anilines is 3. The zero-order chi connectivity index (χ0) is 38.9. The molecule has 16 nitrogen and oxygen atoms in total. The van der Waals surface area contributed by atoms with Crippen LogP contribution < -0.4 is 20.4 Å². The summed E-state index contributed by atoms with van der Waals surface area (Å²) in [6.45, 7) is 5.48. The van der Waals surface area contributed by atoms with Crippen molar-refractivity contribution >= 4 is 51.2 Å². The zero-order valence-corrected chi connectivity index (χ0v) is 32.2. The van der Waals surface area contributed by atoms with Crippen LogP contribution in [0.1, 0.15) is 55.6 Å². The maximum absolute atomic E-state index is 13.7. The normalized spacial score (nSPS) is 19.8. The van der Waals surface area contributed by atoms with Crippen molar-refractivity contribution in [3.63, 3.8) is 0 Å². The van der Waals surface area contributed by atoms with Crippen LogP contribution in [0.4, 0.5) is 16.6 Å². The Kier molecular flexibility index (Phi) is 10.2. The minimum atomic E-state index is -0.355. The molecule has 0 saturated carbocycles. The molecular weight excluding hydrogens is 745 g/mol. The van der Waals surface area contributed by atoms with Gasteiger partial charge in [-0.05, 0) is 68.0 Å². The van der Waals surface area contributed by atoms with Crippen LogP contribution in [0.5, 0.6) is 0 Å². The molecule has 3 amide bonds. The molecule has 2 N–H and O–H groups in total. The first-order chi connectivity index (χ1) is 27.9. The van der Waals surface area contributed by atoms with E-state index in [1.807, 2.05) is 47.5 Å². The van der Waals surface area contributed by atoms with Gasteiger partial charge in [0.15, 0.2) is 5.01 Å². The van der Waals surface area contributed by atoms with Crippen molar-refractivity contribution in [2.75, 3.05) is 67.6 Å². The van der Waals surface area contributed by atoms with Crippen molar-refractivity contribution in [3.8, 4) is 28.0 Å². The van der Waals surface area contributed by atoms with Gasteiger partial charge in [-0.15, -0.1) is 10.2 Å². The smallest absolute Gasteiger partial charge is 0.234 e. The highest BCUT2D eigenvalue weighted by atomic mass is 32.1. The predicted molar refractivity (Wildman–Crippen MR) is 213 cm³/mol. The molecule has 4 aliphatic rings. The first kappa shape index (κ1) is 36.6. The van der Waals surface area contributed by atoms with Gasteiger partial charge in [0.1, 0.15) is 11.9 Å². The standard InChI is InChI=1S/C40H42N12O4S/c41-21-25-19-29-2-4-34(52(29)44-22-25)33-20-32(45-28-9-17-56-18-10-28)31(24-42-33)38-47-48-40(57-38)51-15-13-50(14-16-51)39(55)26-7-11-49(12-8-26)35-5-1-27(23-43-35)30-3-6-36(53)46-37(30)54/h1-2,4-5,19-20,22-24,26,28,30H,3,6-18H2,(H,42,45)(H,46,53,54)/t30-/m0/s1. The van der Waals surface area contributed by atoms with Gasteiger partial charge in [0.2, 0.25) is 22.9 Å². The van der Waals surface area contributed by atoms with Crippen molar-refractivity contribution in [3.05, 3.63) is 66.1 Å². The Hall–Kier alpha value is -5.99. The number of fused-ring (bicyclic) bond motifs is 1. The summed E-state index contributed by atoms with van der Waals surface area (Å²) in [6.07, 6.45) is 9.28. The molecule has 0 aliphatic carbocycles. The fourth-order valence-corrected chi connectivity index (χ4v) is 9.11. The number of pyridine rings is 2. The highest BCUT2D eigenvalue weighted by Crippen LogP contribution is 2.37. The Morgan fingerprint density at radius 2 is 1.72 bits per heavy atom. The molecule has 292 valence electrons. The van der Waals surface area contributed by atoms with E-state index in [-0.39, 0.29) is 35.6 Å². The topological polar surface area (TPSA) is 187 Å². The van der Waals surface area contributed by atoms with E-state index in [1.165, 1.54) is 11.3 Å². The number of nitrogens with zero attached hydrogens (tertiary/aromatic N) is 10. The lowest BCUT2D eigenvalue weighted by molar-refractivity contribution is -0.136. The van der Waals surface area contributed by atoms with Gasteiger partial charge in [0.25, 0.3) is 0 Å². The number of rotatable bonds is 8. The zero-order valence-electron chi connectivity index (χ0n) is 31.3. The third-order valence-electron chi connectivity index (χ3n) is 11.5. The highest BCUT2D eigenvalue weighted by Gasteiger charge is 2.33. The summed E-state index contributed by atoms with van der Waals surface area (Å²) in [5.74, 6) is 0.169. The summed E-state index contributed by atoms with van der Waals surface area (Å²) in [7, 11) is 0.